The fourth-order valence-electron chi connectivity index (χ4n) is 3.42. The van der Waals surface area contributed by atoms with Gasteiger partial charge in [-0.2, -0.15) is 10.2 Å². The Bertz CT molecular complexity index is 953. The van der Waals surface area contributed by atoms with Crippen LogP contribution in [-0.4, -0.2) is 30.5 Å². The molecule has 0 saturated heterocycles. The third-order valence-corrected chi connectivity index (χ3v) is 4.82. The molecule has 7 nitrogen and oxygen atoms in total. The minimum atomic E-state index is -0.125. The maximum absolute atomic E-state index is 12.8. The number of rotatable bonds is 3. The zero-order chi connectivity index (χ0) is 18.3. The van der Waals surface area contributed by atoms with Crippen molar-refractivity contribution in [3.63, 3.8) is 0 Å². The van der Waals surface area contributed by atoms with Crippen LogP contribution in [0.3, 0.4) is 0 Å². The first-order chi connectivity index (χ1) is 12.5. The molecule has 1 aliphatic rings. The van der Waals surface area contributed by atoms with Gasteiger partial charge in [-0.05, 0) is 45.7 Å². The molecular formula is C19H22N6O. The monoisotopic (exact) mass is 350 g/mol. The zero-order valence-corrected chi connectivity index (χ0v) is 15.2. The summed E-state index contributed by atoms with van der Waals surface area (Å²) in [5.74, 6) is 1.45. The Balaban J connectivity index is 1.57. The number of amides is 1. The first kappa shape index (κ1) is 16.5. The number of hydrogen-bond donors (Lipinski definition) is 1. The minimum absolute atomic E-state index is 0.112. The standard InChI is InChI=1S/C19H22N6O/c1-12-6-8-15(9-7-12)25-13(2)16(11-20-25)19(26)22-17-5-4-10-24-18(17)21-14(3)23-24/h6-9,11,17H,4-5,10H2,1-3H3,(H,22,26)/t17-/m0/s1. The van der Waals surface area contributed by atoms with Crippen molar-refractivity contribution in [1.82, 2.24) is 29.9 Å². The SMILES string of the molecule is Cc1ccc(-n2ncc(C(=O)N[C@H]3CCCn4nc(C)nc43)c2C)cc1. The average molecular weight is 350 g/mol. The van der Waals surface area contributed by atoms with Gasteiger partial charge in [0, 0.05) is 6.54 Å². The van der Waals surface area contributed by atoms with Gasteiger partial charge in [-0.3, -0.25) is 4.79 Å². The van der Waals surface area contributed by atoms with Crippen LogP contribution < -0.4 is 5.32 Å². The second-order valence-corrected chi connectivity index (χ2v) is 6.80. The van der Waals surface area contributed by atoms with Gasteiger partial charge in [0.05, 0.1) is 29.2 Å². The Kier molecular flexibility index (Phi) is 4.06. The molecule has 0 unspecified atom stereocenters. The van der Waals surface area contributed by atoms with Crippen molar-refractivity contribution in [2.75, 3.05) is 0 Å². The van der Waals surface area contributed by atoms with Crippen LogP contribution in [0.1, 0.15) is 52.1 Å². The van der Waals surface area contributed by atoms with Gasteiger partial charge in [-0.25, -0.2) is 14.3 Å². The first-order valence-corrected chi connectivity index (χ1v) is 8.87. The molecule has 0 radical (unpaired) electrons. The van der Waals surface area contributed by atoms with Gasteiger partial charge >= 0.3 is 0 Å². The van der Waals surface area contributed by atoms with Crippen molar-refractivity contribution >= 4 is 5.91 Å². The Morgan fingerprint density at radius 3 is 2.73 bits per heavy atom. The smallest absolute Gasteiger partial charge is 0.255 e. The second-order valence-electron chi connectivity index (χ2n) is 6.80. The number of aryl methyl sites for hydroxylation is 3. The van der Waals surface area contributed by atoms with E-state index < -0.39 is 0 Å². The topological polar surface area (TPSA) is 77.6 Å². The van der Waals surface area contributed by atoms with E-state index in [9.17, 15) is 4.79 Å². The van der Waals surface area contributed by atoms with Crippen LogP contribution in [0.15, 0.2) is 30.5 Å². The fraction of sp³-hybridized carbons (Fsp3) is 0.368. The highest BCUT2D eigenvalue weighted by atomic mass is 16.1. The van der Waals surface area contributed by atoms with E-state index in [2.05, 4.69) is 20.5 Å². The third-order valence-electron chi connectivity index (χ3n) is 4.82. The number of aromatic nitrogens is 5. The second kappa shape index (κ2) is 6.40. The highest BCUT2D eigenvalue weighted by molar-refractivity contribution is 5.95. The van der Waals surface area contributed by atoms with Crippen LogP contribution in [0.2, 0.25) is 0 Å². The fourth-order valence-corrected chi connectivity index (χ4v) is 3.42. The average Bonchev–Trinajstić information content (AvgIpc) is 3.18. The van der Waals surface area contributed by atoms with Crippen LogP contribution in [-0.2, 0) is 6.54 Å². The van der Waals surface area contributed by atoms with Gasteiger partial charge in [0.2, 0.25) is 0 Å². The van der Waals surface area contributed by atoms with E-state index in [1.165, 1.54) is 5.56 Å². The summed E-state index contributed by atoms with van der Waals surface area (Å²) in [5, 5.41) is 11.9. The van der Waals surface area contributed by atoms with E-state index in [1.54, 1.807) is 10.9 Å². The molecule has 3 aromatic rings. The van der Waals surface area contributed by atoms with Crippen molar-refractivity contribution in [3.05, 3.63) is 58.9 Å². The van der Waals surface area contributed by atoms with Crippen LogP contribution >= 0.6 is 0 Å². The lowest BCUT2D eigenvalue weighted by Crippen LogP contribution is -2.33. The summed E-state index contributed by atoms with van der Waals surface area (Å²) >= 11 is 0. The maximum atomic E-state index is 12.8. The van der Waals surface area contributed by atoms with Gasteiger partial charge in [0.1, 0.15) is 11.6 Å². The Morgan fingerprint density at radius 1 is 1.19 bits per heavy atom. The largest absolute Gasteiger partial charge is 0.342 e. The predicted molar refractivity (Wildman–Crippen MR) is 97.2 cm³/mol. The van der Waals surface area contributed by atoms with Crippen molar-refractivity contribution in [2.45, 2.75) is 46.2 Å². The van der Waals surface area contributed by atoms with Gasteiger partial charge < -0.3 is 5.32 Å². The normalized spacial score (nSPS) is 16.3. The first-order valence-electron chi connectivity index (χ1n) is 8.87. The van der Waals surface area contributed by atoms with E-state index in [4.69, 9.17) is 0 Å². The molecule has 2 aromatic heterocycles. The maximum Gasteiger partial charge on any atom is 0.255 e. The van der Waals surface area contributed by atoms with E-state index in [-0.39, 0.29) is 11.9 Å². The van der Waals surface area contributed by atoms with E-state index in [0.717, 1.165) is 42.4 Å². The molecule has 26 heavy (non-hydrogen) atoms. The molecule has 0 bridgehead atoms. The van der Waals surface area contributed by atoms with Crippen LogP contribution in [0.25, 0.3) is 5.69 Å². The molecule has 1 N–H and O–H groups in total. The lowest BCUT2D eigenvalue weighted by atomic mass is 10.1. The highest BCUT2D eigenvalue weighted by Crippen LogP contribution is 2.24. The molecule has 3 heterocycles. The Hall–Kier alpha value is -2.96. The Morgan fingerprint density at radius 2 is 1.96 bits per heavy atom. The number of carbonyl (C=O) groups excluding carboxylic acids is 1. The summed E-state index contributed by atoms with van der Waals surface area (Å²) < 4.78 is 3.69. The van der Waals surface area contributed by atoms with Crippen LogP contribution in [0.5, 0.6) is 0 Å². The quantitative estimate of drug-likeness (QED) is 0.788. The highest BCUT2D eigenvalue weighted by Gasteiger charge is 2.26. The molecule has 134 valence electrons. The molecule has 1 aromatic carbocycles. The lowest BCUT2D eigenvalue weighted by molar-refractivity contribution is 0.0926. The van der Waals surface area contributed by atoms with Gasteiger partial charge in [0.15, 0.2) is 0 Å². The van der Waals surface area contributed by atoms with Crippen LogP contribution in [0.4, 0.5) is 0 Å². The summed E-state index contributed by atoms with van der Waals surface area (Å²) in [6, 6.07) is 7.97. The zero-order valence-electron chi connectivity index (χ0n) is 15.2. The van der Waals surface area contributed by atoms with Crippen LogP contribution in [0, 0.1) is 20.8 Å². The van der Waals surface area contributed by atoms with E-state index in [1.807, 2.05) is 49.7 Å². The summed E-state index contributed by atoms with van der Waals surface area (Å²) in [4.78, 5) is 17.3. The molecule has 0 aliphatic carbocycles. The molecule has 4 rings (SSSR count). The van der Waals surface area contributed by atoms with Crippen molar-refractivity contribution in [2.24, 2.45) is 0 Å². The molecular weight excluding hydrogens is 328 g/mol. The number of hydrogen-bond acceptors (Lipinski definition) is 4. The van der Waals surface area contributed by atoms with Gasteiger partial charge in [-0.1, -0.05) is 17.7 Å². The molecule has 0 saturated carbocycles. The predicted octanol–water partition coefficient (Wildman–Crippen LogP) is 2.65. The number of nitrogens with zero attached hydrogens (tertiary/aromatic N) is 5. The number of nitrogens with one attached hydrogen (secondary N) is 1. The molecule has 1 atom stereocenters. The summed E-state index contributed by atoms with van der Waals surface area (Å²) in [6.07, 6.45) is 3.47. The third kappa shape index (κ3) is 2.89. The van der Waals surface area contributed by atoms with Crippen molar-refractivity contribution < 1.29 is 4.79 Å². The number of fused-ring (bicyclic) bond motifs is 1. The van der Waals surface area contributed by atoms with Crippen molar-refractivity contribution in [1.29, 1.82) is 0 Å². The summed E-state index contributed by atoms with van der Waals surface area (Å²) in [7, 11) is 0. The summed E-state index contributed by atoms with van der Waals surface area (Å²) in [6.45, 7) is 6.69. The number of carbonyl (C=O) groups is 1. The lowest BCUT2D eigenvalue weighted by Gasteiger charge is -2.23. The minimum Gasteiger partial charge on any atom is -0.342 e. The summed E-state index contributed by atoms with van der Waals surface area (Å²) in [5.41, 5.74) is 3.53. The molecule has 0 fully saturated rings. The molecule has 7 heteroatoms. The molecule has 1 aliphatic heterocycles. The molecule has 0 spiro atoms. The van der Waals surface area contributed by atoms with Crippen molar-refractivity contribution in [3.8, 4) is 5.69 Å². The van der Waals surface area contributed by atoms with E-state index in [0.29, 0.717) is 5.56 Å². The molecule has 1 amide bonds. The van der Waals surface area contributed by atoms with Gasteiger partial charge in [-0.15, -0.1) is 0 Å². The Labute approximate surface area is 152 Å². The van der Waals surface area contributed by atoms with E-state index >= 15 is 0 Å². The number of benzene rings is 1. The van der Waals surface area contributed by atoms with Gasteiger partial charge in [0.25, 0.3) is 5.91 Å².